The molecular formula is C18H31ClN4O. The molecular weight excluding hydrogens is 324 g/mol. The van der Waals surface area contributed by atoms with Gasteiger partial charge < -0.3 is 10.3 Å². The van der Waals surface area contributed by atoms with Crippen molar-refractivity contribution in [3.05, 3.63) is 11.7 Å². The van der Waals surface area contributed by atoms with Gasteiger partial charge in [-0.25, -0.2) is 0 Å². The fraction of sp³-hybridized carbons (Fsp3) is 0.889. The van der Waals surface area contributed by atoms with Gasteiger partial charge in [0.25, 0.3) is 0 Å². The minimum atomic E-state index is -0.541. The highest BCUT2D eigenvalue weighted by atomic mass is 35.5. The van der Waals surface area contributed by atoms with E-state index in [1.54, 1.807) is 0 Å². The van der Waals surface area contributed by atoms with E-state index in [9.17, 15) is 0 Å². The van der Waals surface area contributed by atoms with Crippen molar-refractivity contribution in [2.75, 3.05) is 13.6 Å². The molecule has 4 aliphatic rings. The number of nitrogens with two attached hydrogens (primary N) is 1. The Kier molecular flexibility index (Phi) is 4.73. The first kappa shape index (κ1) is 18.2. The zero-order valence-corrected chi connectivity index (χ0v) is 15.9. The van der Waals surface area contributed by atoms with E-state index in [-0.39, 0.29) is 12.4 Å². The lowest BCUT2D eigenvalue weighted by Crippen LogP contribution is -2.50. The Balaban J connectivity index is 0.00000169. The molecule has 1 aromatic heterocycles. The molecule has 4 bridgehead atoms. The van der Waals surface area contributed by atoms with Gasteiger partial charge in [-0.1, -0.05) is 5.16 Å². The normalized spacial score (nSPS) is 34.6. The van der Waals surface area contributed by atoms with Crippen molar-refractivity contribution in [3.8, 4) is 0 Å². The standard InChI is InChI=1S/C18H30N4O.ClH/c1-17(2,19)16-20-15(23-21-16)10-22(3)11-18-7-12-4-13(8-18)6-14(5-12)9-18;/h12-14H,4-11,19H2,1-3H3;1H. The molecule has 4 aliphatic carbocycles. The van der Waals surface area contributed by atoms with E-state index in [4.69, 9.17) is 10.3 Å². The van der Waals surface area contributed by atoms with Crippen molar-refractivity contribution in [3.63, 3.8) is 0 Å². The monoisotopic (exact) mass is 354 g/mol. The summed E-state index contributed by atoms with van der Waals surface area (Å²) in [6, 6.07) is 0. The number of nitrogens with zero attached hydrogens (tertiary/aromatic N) is 3. The van der Waals surface area contributed by atoms with Gasteiger partial charge in [0.05, 0.1) is 12.1 Å². The minimum Gasteiger partial charge on any atom is -0.338 e. The molecule has 4 saturated carbocycles. The second-order valence-corrected chi connectivity index (χ2v) is 9.32. The SMILES string of the molecule is CN(Cc1nc(C(C)(C)N)no1)CC12CC3CC(CC(C3)C1)C2.Cl. The van der Waals surface area contributed by atoms with Crippen LogP contribution < -0.4 is 5.73 Å². The first-order chi connectivity index (χ1) is 10.8. The van der Waals surface area contributed by atoms with Crippen LogP contribution in [-0.2, 0) is 12.1 Å². The Morgan fingerprint density at radius 3 is 2.17 bits per heavy atom. The van der Waals surface area contributed by atoms with E-state index in [0.717, 1.165) is 24.3 Å². The van der Waals surface area contributed by atoms with Gasteiger partial charge in [0.15, 0.2) is 5.82 Å². The van der Waals surface area contributed by atoms with Crippen molar-refractivity contribution < 1.29 is 4.52 Å². The van der Waals surface area contributed by atoms with Gasteiger partial charge in [0.1, 0.15) is 0 Å². The number of aromatic nitrogens is 2. The zero-order valence-electron chi connectivity index (χ0n) is 15.1. The van der Waals surface area contributed by atoms with Gasteiger partial charge in [0, 0.05) is 6.54 Å². The molecule has 4 fully saturated rings. The molecule has 0 aliphatic heterocycles. The van der Waals surface area contributed by atoms with E-state index >= 15 is 0 Å². The van der Waals surface area contributed by atoms with Crippen molar-refractivity contribution in [1.82, 2.24) is 15.0 Å². The third kappa shape index (κ3) is 3.49. The van der Waals surface area contributed by atoms with Crippen LogP contribution in [0.25, 0.3) is 0 Å². The van der Waals surface area contributed by atoms with E-state index in [1.807, 2.05) is 13.8 Å². The van der Waals surface area contributed by atoms with Crippen LogP contribution in [0, 0.1) is 23.2 Å². The van der Waals surface area contributed by atoms with Gasteiger partial charge in [-0.15, -0.1) is 12.4 Å². The molecule has 6 heteroatoms. The van der Waals surface area contributed by atoms with E-state index in [0.29, 0.717) is 17.1 Å². The van der Waals surface area contributed by atoms with E-state index in [2.05, 4.69) is 22.1 Å². The molecule has 24 heavy (non-hydrogen) atoms. The van der Waals surface area contributed by atoms with Crippen LogP contribution in [-0.4, -0.2) is 28.6 Å². The van der Waals surface area contributed by atoms with Gasteiger partial charge >= 0.3 is 0 Å². The second kappa shape index (κ2) is 6.26. The van der Waals surface area contributed by atoms with Crippen molar-refractivity contribution >= 4 is 12.4 Å². The van der Waals surface area contributed by atoms with Crippen LogP contribution in [0.1, 0.15) is 64.1 Å². The van der Waals surface area contributed by atoms with Crippen LogP contribution in [0.3, 0.4) is 0 Å². The van der Waals surface area contributed by atoms with Gasteiger partial charge in [0.2, 0.25) is 5.89 Å². The van der Waals surface area contributed by atoms with Crippen molar-refractivity contribution in [2.45, 2.75) is 64.5 Å². The van der Waals surface area contributed by atoms with Crippen molar-refractivity contribution in [1.29, 1.82) is 0 Å². The maximum atomic E-state index is 6.04. The van der Waals surface area contributed by atoms with Gasteiger partial charge in [-0.05, 0) is 82.6 Å². The Hall–Kier alpha value is -0.650. The lowest BCUT2D eigenvalue weighted by molar-refractivity contribution is -0.0677. The number of hydrogen-bond acceptors (Lipinski definition) is 5. The van der Waals surface area contributed by atoms with Crippen LogP contribution in [0.5, 0.6) is 0 Å². The average molecular weight is 355 g/mol. The predicted octanol–water partition coefficient (Wildman–Crippen LogP) is 3.33. The fourth-order valence-electron chi connectivity index (χ4n) is 5.92. The largest absolute Gasteiger partial charge is 0.338 e. The van der Waals surface area contributed by atoms with E-state index < -0.39 is 5.54 Å². The summed E-state index contributed by atoms with van der Waals surface area (Å²) >= 11 is 0. The van der Waals surface area contributed by atoms with Crippen LogP contribution in [0.2, 0.25) is 0 Å². The summed E-state index contributed by atoms with van der Waals surface area (Å²) in [4.78, 5) is 6.85. The van der Waals surface area contributed by atoms with Crippen LogP contribution in [0.15, 0.2) is 4.52 Å². The average Bonchev–Trinajstić information content (AvgIpc) is 2.84. The molecule has 136 valence electrons. The highest BCUT2D eigenvalue weighted by Crippen LogP contribution is 2.60. The second-order valence-electron chi connectivity index (χ2n) is 9.32. The molecule has 2 N–H and O–H groups in total. The molecule has 1 aromatic rings. The lowest BCUT2D eigenvalue weighted by atomic mass is 9.49. The minimum absolute atomic E-state index is 0. The number of halogens is 1. The summed E-state index contributed by atoms with van der Waals surface area (Å²) in [7, 11) is 2.19. The summed E-state index contributed by atoms with van der Waals surface area (Å²) in [6.45, 7) is 5.70. The maximum absolute atomic E-state index is 6.04. The molecule has 0 amide bonds. The highest BCUT2D eigenvalue weighted by molar-refractivity contribution is 5.85. The topological polar surface area (TPSA) is 68.2 Å². The third-order valence-corrected chi connectivity index (χ3v) is 6.22. The number of rotatable bonds is 5. The zero-order chi connectivity index (χ0) is 16.2. The Bertz CT molecular complexity index is 545. The smallest absolute Gasteiger partial charge is 0.240 e. The molecule has 0 spiro atoms. The number of hydrogen-bond donors (Lipinski definition) is 1. The molecule has 0 unspecified atom stereocenters. The van der Waals surface area contributed by atoms with Crippen LogP contribution >= 0.6 is 12.4 Å². The quantitative estimate of drug-likeness (QED) is 0.878. The van der Waals surface area contributed by atoms with Gasteiger partial charge in [-0.3, -0.25) is 4.90 Å². The molecule has 1 heterocycles. The first-order valence-electron chi connectivity index (χ1n) is 9.12. The third-order valence-electron chi connectivity index (χ3n) is 6.22. The Morgan fingerprint density at radius 1 is 1.17 bits per heavy atom. The Labute approximate surface area is 151 Å². The van der Waals surface area contributed by atoms with Crippen LogP contribution in [0.4, 0.5) is 0 Å². The first-order valence-corrected chi connectivity index (χ1v) is 9.12. The Morgan fingerprint density at radius 2 is 1.71 bits per heavy atom. The highest BCUT2D eigenvalue weighted by Gasteiger charge is 2.51. The van der Waals surface area contributed by atoms with Crippen molar-refractivity contribution in [2.24, 2.45) is 28.9 Å². The summed E-state index contributed by atoms with van der Waals surface area (Å²) in [5.41, 5.74) is 6.05. The summed E-state index contributed by atoms with van der Waals surface area (Å²) in [5, 5.41) is 4.03. The molecule has 0 saturated heterocycles. The van der Waals surface area contributed by atoms with Gasteiger partial charge in [-0.2, -0.15) is 4.98 Å². The summed E-state index contributed by atoms with van der Waals surface area (Å²) in [5.74, 6) is 4.29. The molecule has 0 radical (unpaired) electrons. The maximum Gasteiger partial charge on any atom is 0.240 e. The predicted molar refractivity (Wildman–Crippen MR) is 95.7 cm³/mol. The molecule has 0 atom stereocenters. The fourth-order valence-corrected chi connectivity index (χ4v) is 5.92. The lowest BCUT2D eigenvalue weighted by Gasteiger charge is -2.57. The molecule has 0 aromatic carbocycles. The molecule has 5 rings (SSSR count). The van der Waals surface area contributed by atoms with E-state index in [1.165, 1.54) is 45.1 Å². The summed E-state index contributed by atoms with van der Waals surface area (Å²) in [6.07, 6.45) is 8.82. The molecule has 5 nitrogen and oxygen atoms in total. The summed E-state index contributed by atoms with van der Waals surface area (Å²) < 4.78 is 5.40.